The zero-order chi connectivity index (χ0) is 18.6. The Morgan fingerprint density at radius 2 is 1.93 bits per heavy atom. The first-order chi connectivity index (χ1) is 13.2. The van der Waals surface area contributed by atoms with E-state index in [1.165, 1.54) is 0 Å². The van der Waals surface area contributed by atoms with Crippen molar-refractivity contribution >= 4 is 38.4 Å². The van der Waals surface area contributed by atoms with Crippen molar-refractivity contribution in [3.63, 3.8) is 0 Å². The average Bonchev–Trinajstić information content (AvgIpc) is 3.12. The monoisotopic (exact) mass is 382 g/mol. The number of ether oxygens (including phenoxy) is 1. The first-order valence-electron chi connectivity index (χ1n) is 9.12. The molecule has 2 aromatic carbocycles. The third-order valence-electron chi connectivity index (χ3n) is 4.52. The van der Waals surface area contributed by atoms with Gasteiger partial charge >= 0.3 is 6.03 Å². The highest BCUT2D eigenvalue weighted by Gasteiger charge is 2.23. The van der Waals surface area contributed by atoms with Crippen LogP contribution in [-0.4, -0.2) is 48.7 Å². The molecule has 27 heavy (non-hydrogen) atoms. The topological polar surface area (TPSA) is 57.7 Å². The minimum Gasteiger partial charge on any atom is -0.494 e. The average molecular weight is 382 g/mol. The van der Waals surface area contributed by atoms with E-state index in [0.29, 0.717) is 19.7 Å². The minimum absolute atomic E-state index is 0.0495. The molecule has 6 nitrogen and oxygen atoms in total. The number of anilines is 2. The third-order valence-corrected chi connectivity index (χ3v) is 5.60. The van der Waals surface area contributed by atoms with Gasteiger partial charge < -0.3 is 19.9 Å². The summed E-state index contributed by atoms with van der Waals surface area (Å²) in [6, 6.07) is 15.5. The lowest BCUT2D eigenvalue weighted by Gasteiger charge is -2.34. The lowest BCUT2D eigenvalue weighted by atomic mass is 10.3. The summed E-state index contributed by atoms with van der Waals surface area (Å²) in [7, 11) is 0. The number of nitrogens with zero attached hydrogens (tertiary/aromatic N) is 3. The summed E-state index contributed by atoms with van der Waals surface area (Å²) in [5.41, 5.74) is 1.81. The number of amides is 2. The fourth-order valence-electron chi connectivity index (χ4n) is 3.11. The largest absolute Gasteiger partial charge is 0.494 e. The molecule has 140 valence electrons. The van der Waals surface area contributed by atoms with E-state index >= 15 is 0 Å². The van der Waals surface area contributed by atoms with E-state index < -0.39 is 0 Å². The summed E-state index contributed by atoms with van der Waals surface area (Å²) in [5, 5.41) is 3.95. The molecular weight excluding hydrogens is 360 g/mol. The normalized spacial score (nSPS) is 14.4. The molecule has 1 N–H and O–H groups in total. The van der Waals surface area contributed by atoms with E-state index in [0.717, 1.165) is 39.9 Å². The Bertz CT molecular complexity index is 920. The Morgan fingerprint density at radius 3 is 2.67 bits per heavy atom. The maximum atomic E-state index is 12.4. The van der Waals surface area contributed by atoms with Crippen molar-refractivity contribution in [2.75, 3.05) is 43.0 Å². The SMILES string of the molecule is CCOc1ccc2nc(N3CCN(C(=O)Nc4ccccc4)CC3)sc2c1. The predicted molar refractivity (Wildman–Crippen MR) is 110 cm³/mol. The lowest BCUT2D eigenvalue weighted by Crippen LogP contribution is -2.50. The maximum absolute atomic E-state index is 12.4. The quantitative estimate of drug-likeness (QED) is 0.740. The zero-order valence-corrected chi connectivity index (χ0v) is 16.0. The van der Waals surface area contributed by atoms with Crippen LogP contribution in [0, 0.1) is 0 Å². The Morgan fingerprint density at radius 1 is 1.15 bits per heavy atom. The number of para-hydroxylation sites is 1. The van der Waals surface area contributed by atoms with Crippen molar-refractivity contribution in [2.24, 2.45) is 0 Å². The van der Waals surface area contributed by atoms with Crippen molar-refractivity contribution < 1.29 is 9.53 Å². The van der Waals surface area contributed by atoms with E-state index in [1.807, 2.05) is 60.4 Å². The third kappa shape index (κ3) is 3.98. The van der Waals surface area contributed by atoms with Crippen molar-refractivity contribution in [1.29, 1.82) is 0 Å². The van der Waals surface area contributed by atoms with Crippen molar-refractivity contribution in [1.82, 2.24) is 9.88 Å². The van der Waals surface area contributed by atoms with Gasteiger partial charge in [-0.25, -0.2) is 9.78 Å². The van der Waals surface area contributed by atoms with Crippen LogP contribution in [0.15, 0.2) is 48.5 Å². The highest BCUT2D eigenvalue weighted by Crippen LogP contribution is 2.32. The molecule has 2 heterocycles. The molecule has 1 aromatic heterocycles. The Balaban J connectivity index is 1.38. The van der Waals surface area contributed by atoms with E-state index in [2.05, 4.69) is 10.2 Å². The number of fused-ring (bicyclic) bond motifs is 1. The van der Waals surface area contributed by atoms with Crippen LogP contribution in [-0.2, 0) is 0 Å². The smallest absolute Gasteiger partial charge is 0.321 e. The van der Waals surface area contributed by atoms with Crippen LogP contribution in [0.4, 0.5) is 15.6 Å². The molecule has 0 saturated carbocycles. The van der Waals surface area contributed by atoms with Gasteiger partial charge in [-0.3, -0.25) is 0 Å². The molecule has 0 spiro atoms. The fraction of sp³-hybridized carbons (Fsp3) is 0.300. The van der Waals surface area contributed by atoms with Gasteiger partial charge in [-0.2, -0.15) is 0 Å². The van der Waals surface area contributed by atoms with Crippen LogP contribution in [0.3, 0.4) is 0 Å². The Hall–Kier alpha value is -2.80. The van der Waals surface area contributed by atoms with Gasteiger partial charge in [-0.05, 0) is 37.3 Å². The van der Waals surface area contributed by atoms with Crippen LogP contribution in [0.2, 0.25) is 0 Å². The van der Waals surface area contributed by atoms with Crippen LogP contribution in [0.1, 0.15) is 6.92 Å². The van der Waals surface area contributed by atoms with E-state index in [1.54, 1.807) is 11.3 Å². The molecule has 0 unspecified atom stereocenters. The molecule has 0 radical (unpaired) electrons. The van der Waals surface area contributed by atoms with Gasteiger partial charge in [-0.1, -0.05) is 29.5 Å². The number of rotatable bonds is 4. The number of urea groups is 1. The number of hydrogen-bond donors (Lipinski definition) is 1. The maximum Gasteiger partial charge on any atom is 0.321 e. The minimum atomic E-state index is -0.0495. The fourth-order valence-corrected chi connectivity index (χ4v) is 4.16. The molecule has 1 fully saturated rings. The molecule has 3 aromatic rings. The Labute approximate surface area is 162 Å². The second-order valence-electron chi connectivity index (χ2n) is 6.33. The van der Waals surface area contributed by atoms with Crippen molar-refractivity contribution in [2.45, 2.75) is 6.92 Å². The number of benzene rings is 2. The summed E-state index contributed by atoms with van der Waals surface area (Å²) in [5.74, 6) is 0.877. The summed E-state index contributed by atoms with van der Waals surface area (Å²) in [6.45, 7) is 5.55. The summed E-state index contributed by atoms with van der Waals surface area (Å²) in [6.07, 6.45) is 0. The number of carbonyl (C=O) groups is 1. The molecule has 4 rings (SSSR count). The molecule has 7 heteroatoms. The van der Waals surface area contributed by atoms with Crippen LogP contribution < -0.4 is 15.0 Å². The van der Waals surface area contributed by atoms with Crippen molar-refractivity contribution in [3.05, 3.63) is 48.5 Å². The van der Waals surface area contributed by atoms with Gasteiger partial charge in [0.2, 0.25) is 0 Å². The van der Waals surface area contributed by atoms with Gasteiger partial charge in [-0.15, -0.1) is 0 Å². The summed E-state index contributed by atoms with van der Waals surface area (Å²) in [4.78, 5) is 21.3. The van der Waals surface area contributed by atoms with Gasteiger partial charge in [0, 0.05) is 31.9 Å². The molecule has 1 aliphatic rings. The number of hydrogen-bond acceptors (Lipinski definition) is 5. The standard InChI is InChI=1S/C20H22N4O2S/c1-2-26-16-8-9-17-18(14-16)27-20(22-17)24-12-10-23(11-13-24)19(25)21-15-6-4-3-5-7-15/h3-9,14H,2,10-13H2,1H3,(H,21,25). The van der Waals surface area contributed by atoms with Gasteiger partial charge in [0.05, 0.1) is 16.8 Å². The number of piperazine rings is 1. The highest BCUT2D eigenvalue weighted by molar-refractivity contribution is 7.22. The predicted octanol–water partition coefficient (Wildman–Crippen LogP) is 4.05. The van der Waals surface area contributed by atoms with Gasteiger partial charge in [0.1, 0.15) is 5.75 Å². The van der Waals surface area contributed by atoms with Crippen molar-refractivity contribution in [3.8, 4) is 5.75 Å². The van der Waals surface area contributed by atoms with Crippen LogP contribution >= 0.6 is 11.3 Å². The number of nitrogens with one attached hydrogen (secondary N) is 1. The molecule has 0 aliphatic carbocycles. The molecule has 0 bridgehead atoms. The highest BCUT2D eigenvalue weighted by atomic mass is 32.1. The molecular formula is C20H22N4O2S. The molecule has 1 aliphatic heterocycles. The van der Waals surface area contributed by atoms with Gasteiger partial charge in [0.15, 0.2) is 5.13 Å². The molecule has 1 saturated heterocycles. The number of thiazole rings is 1. The zero-order valence-electron chi connectivity index (χ0n) is 15.2. The molecule has 0 atom stereocenters. The van der Waals surface area contributed by atoms with Crippen LogP contribution in [0.5, 0.6) is 5.75 Å². The summed E-state index contributed by atoms with van der Waals surface area (Å²) < 4.78 is 6.70. The first kappa shape index (κ1) is 17.6. The van der Waals surface area contributed by atoms with E-state index in [9.17, 15) is 4.79 Å². The van der Waals surface area contributed by atoms with E-state index in [-0.39, 0.29) is 6.03 Å². The van der Waals surface area contributed by atoms with Crippen LogP contribution in [0.25, 0.3) is 10.2 Å². The Kier molecular flexibility index (Phi) is 5.11. The second kappa shape index (κ2) is 7.84. The summed E-state index contributed by atoms with van der Waals surface area (Å²) >= 11 is 1.67. The number of carbonyl (C=O) groups excluding carboxylic acids is 1. The van der Waals surface area contributed by atoms with E-state index in [4.69, 9.17) is 9.72 Å². The first-order valence-corrected chi connectivity index (χ1v) is 9.94. The second-order valence-corrected chi connectivity index (χ2v) is 7.34. The van der Waals surface area contributed by atoms with Gasteiger partial charge in [0.25, 0.3) is 0 Å². The lowest BCUT2D eigenvalue weighted by molar-refractivity contribution is 0.208. The number of aromatic nitrogens is 1. The molecule has 2 amide bonds.